The number of nitrogens with one attached hydrogen (secondary N) is 1. The van der Waals surface area contributed by atoms with E-state index in [9.17, 15) is 19.5 Å². The number of amides is 2. The van der Waals surface area contributed by atoms with Gasteiger partial charge < -0.3 is 25.0 Å². The molecule has 1 fully saturated rings. The number of alkyl carbamates (subject to hydrolysis) is 1. The van der Waals surface area contributed by atoms with Crippen LogP contribution >= 0.6 is 0 Å². The minimum atomic E-state index is -1.18. The Morgan fingerprint density at radius 1 is 1.06 bits per heavy atom. The minimum absolute atomic E-state index is 0.0828. The quantitative estimate of drug-likeness (QED) is 0.681. The van der Waals surface area contributed by atoms with Crippen molar-refractivity contribution in [2.75, 3.05) is 33.3 Å². The number of ether oxygens (including phenoxy) is 1. The molecule has 1 heterocycles. The second kappa shape index (κ2) is 10.3. The molecular weight excluding hydrogens is 434 g/mol. The Labute approximate surface area is 199 Å². The number of carbonyl (C=O) groups is 3. The molecule has 8 heteroatoms. The van der Waals surface area contributed by atoms with Crippen molar-refractivity contribution in [1.29, 1.82) is 0 Å². The zero-order valence-electron chi connectivity index (χ0n) is 19.6. The van der Waals surface area contributed by atoms with Gasteiger partial charge in [-0.1, -0.05) is 48.5 Å². The molecule has 2 atom stereocenters. The first kappa shape index (κ1) is 23.8. The van der Waals surface area contributed by atoms with Gasteiger partial charge in [0.15, 0.2) is 0 Å². The third kappa shape index (κ3) is 5.07. The molecule has 1 saturated heterocycles. The molecule has 34 heavy (non-hydrogen) atoms. The van der Waals surface area contributed by atoms with Gasteiger partial charge in [-0.05, 0) is 49.2 Å². The molecule has 180 valence electrons. The van der Waals surface area contributed by atoms with Gasteiger partial charge in [0.1, 0.15) is 12.6 Å². The fourth-order valence-corrected chi connectivity index (χ4v) is 5.06. The molecule has 1 aliphatic heterocycles. The fourth-order valence-electron chi connectivity index (χ4n) is 5.06. The van der Waals surface area contributed by atoms with E-state index < -0.39 is 30.4 Å². The Morgan fingerprint density at radius 3 is 2.29 bits per heavy atom. The molecule has 8 nitrogen and oxygen atoms in total. The summed E-state index contributed by atoms with van der Waals surface area (Å²) in [5.74, 6) is -1.66. The first-order chi connectivity index (χ1) is 16.3. The highest BCUT2D eigenvalue weighted by atomic mass is 16.5. The van der Waals surface area contributed by atoms with Crippen molar-refractivity contribution in [2.45, 2.75) is 37.8 Å². The van der Waals surface area contributed by atoms with E-state index in [1.165, 1.54) is 0 Å². The van der Waals surface area contributed by atoms with E-state index in [0.717, 1.165) is 35.2 Å². The third-order valence-corrected chi connectivity index (χ3v) is 6.64. The molecular formula is C26H31N3O5. The highest BCUT2D eigenvalue weighted by molar-refractivity contribution is 5.89. The lowest BCUT2D eigenvalue weighted by atomic mass is 9.98. The van der Waals surface area contributed by atoms with Crippen LogP contribution in [0.25, 0.3) is 11.1 Å². The summed E-state index contributed by atoms with van der Waals surface area (Å²) in [5, 5.41) is 11.9. The van der Waals surface area contributed by atoms with Crippen LogP contribution in [0.15, 0.2) is 48.5 Å². The van der Waals surface area contributed by atoms with Crippen LogP contribution in [-0.4, -0.2) is 78.2 Å². The Balaban J connectivity index is 1.44. The van der Waals surface area contributed by atoms with Crippen LogP contribution in [-0.2, 0) is 14.3 Å². The summed E-state index contributed by atoms with van der Waals surface area (Å²) in [6.45, 7) is 4.10. The molecule has 2 aliphatic rings. The van der Waals surface area contributed by atoms with Crippen LogP contribution in [0.1, 0.15) is 36.8 Å². The number of aliphatic carboxylic acids is 1. The maximum absolute atomic E-state index is 13.2. The summed E-state index contributed by atoms with van der Waals surface area (Å²) < 4.78 is 5.54. The molecule has 4 rings (SSSR count). The van der Waals surface area contributed by atoms with Gasteiger partial charge in [0, 0.05) is 25.0 Å². The van der Waals surface area contributed by atoms with Gasteiger partial charge >= 0.3 is 12.1 Å². The first-order valence-corrected chi connectivity index (χ1v) is 11.7. The van der Waals surface area contributed by atoms with E-state index in [-0.39, 0.29) is 18.6 Å². The number of likely N-dealkylation sites (N-methyl/N-ethyl adjacent to an activating group) is 1. The van der Waals surface area contributed by atoms with Crippen LogP contribution in [0.3, 0.4) is 0 Å². The highest BCUT2D eigenvalue weighted by Crippen LogP contribution is 2.44. The number of rotatable bonds is 6. The molecule has 0 radical (unpaired) electrons. The number of carbonyl (C=O) groups excluding carboxylic acids is 2. The molecule has 2 aromatic carbocycles. The van der Waals surface area contributed by atoms with Crippen molar-refractivity contribution in [3.63, 3.8) is 0 Å². The molecule has 0 bridgehead atoms. The van der Waals surface area contributed by atoms with Gasteiger partial charge in [-0.2, -0.15) is 0 Å². The molecule has 0 saturated carbocycles. The zero-order valence-corrected chi connectivity index (χ0v) is 19.6. The van der Waals surface area contributed by atoms with Crippen LogP contribution < -0.4 is 5.32 Å². The summed E-state index contributed by atoms with van der Waals surface area (Å²) in [5.41, 5.74) is 4.40. The average Bonchev–Trinajstić information content (AvgIpc) is 3.02. The van der Waals surface area contributed by atoms with Crippen molar-refractivity contribution < 1.29 is 24.2 Å². The second-order valence-electron chi connectivity index (χ2n) is 9.12. The van der Waals surface area contributed by atoms with Crippen molar-refractivity contribution in [2.24, 2.45) is 0 Å². The largest absolute Gasteiger partial charge is 0.481 e. The number of hydrogen-bond donors (Lipinski definition) is 2. The van der Waals surface area contributed by atoms with Crippen LogP contribution in [0.5, 0.6) is 0 Å². The zero-order chi connectivity index (χ0) is 24.2. The maximum Gasteiger partial charge on any atom is 0.407 e. The summed E-state index contributed by atoms with van der Waals surface area (Å²) in [6.07, 6.45) is -0.500. The number of benzene rings is 2. The van der Waals surface area contributed by atoms with Crippen LogP contribution in [0, 0.1) is 0 Å². The van der Waals surface area contributed by atoms with E-state index >= 15 is 0 Å². The van der Waals surface area contributed by atoms with Crippen molar-refractivity contribution >= 4 is 18.0 Å². The summed E-state index contributed by atoms with van der Waals surface area (Å²) in [6, 6.07) is 14.8. The van der Waals surface area contributed by atoms with Crippen molar-refractivity contribution in [3.8, 4) is 11.1 Å². The number of carboxylic acids is 1. The molecule has 1 aliphatic carbocycles. The smallest absolute Gasteiger partial charge is 0.407 e. The summed E-state index contributed by atoms with van der Waals surface area (Å²) in [7, 11) is 1.99. The Bertz CT molecular complexity index is 1030. The third-order valence-electron chi connectivity index (χ3n) is 6.64. The first-order valence-electron chi connectivity index (χ1n) is 11.7. The van der Waals surface area contributed by atoms with Crippen LogP contribution in [0.2, 0.25) is 0 Å². The lowest BCUT2D eigenvalue weighted by Crippen LogP contribution is -2.53. The normalized spacial score (nSPS) is 19.0. The molecule has 2 unspecified atom stereocenters. The lowest BCUT2D eigenvalue weighted by Gasteiger charge is -2.31. The lowest BCUT2D eigenvalue weighted by molar-refractivity contribution is -0.143. The molecule has 0 spiro atoms. The number of carboxylic acid groups (broad SMARTS) is 1. The number of nitrogens with zero attached hydrogens (tertiary/aromatic N) is 2. The second-order valence-corrected chi connectivity index (χ2v) is 9.12. The topological polar surface area (TPSA) is 99.2 Å². The van der Waals surface area contributed by atoms with Gasteiger partial charge in [0.05, 0.1) is 6.42 Å². The Hall–Kier alpha value is -3.39. The van der Waals surface area contributed by atoms with Crippen LogP contribution in [0.4, 0.5) is 4.79 Å². The molecule has 2 N–H and O–H groups in total. The van der Waals surface area contributed by atoms with E-state index in [4.69, 9.17) is 4.74 Å². The molecule has 2 aromatic rings. The van der Waals surface area contributed by atoms with Gasteiger partial charge in [0.25, 0.3) is 0 Å². The average molecular weight is 466 g/mol. The summed E-state index contributed by atoms with van der Waals surface area (Å²) >= 11 is 0. The number of fused-ring (bicyclic) bond motifs is 3. The van der Waals surface area contributed by atoms with Crippen molar-refractivity contribution in [1.82, 2.24) is 15.1 Å². The fraction of sp³-hybridized carbons (Fsp3) is 0.423. The maximum atomic E-state index is 13.2. The standard InChI is InChI=1S/C26H31N3O5/c1-17-15-28(2)12-7-13-29(17)25(32)23(14-24(30)31)27-26(33)34-16-22-20-10-5-3-8-18(20)19-9-4-6-11-21(19)22/h3-6,8-11,17,22-23H,7,12-16H2,1-2H3,(H,27,33)(H,30,31). The monoisotopic (exact) mass is 465 g/mol. The van der Waals surface area contributed by atoms with E-state index in [0.29, 0.717) is 13.1 Å². The van der Waals surface area contributed by atoms with Crippen molar-refractivity contribution in [3.05, 3.63) is 59.7 Å². The highest BCUT2D eigenvalue weighted by Gasteiger charge is 2.33. The van der Waals surface area contributed by atoms with Gasteiger partial charge in [-0.3, -0.25) is 9.59 Å². The predicted molar refractivity (Wildman–Crippen MR) is 128 cm³/mol. The Morgan fingerprint density at radius 2 is 1.68 bits per heavy atom. The minimum Gasteiger partial charge on any atom is -0.481 e. The SMILES string of the molecule is CC1CN(C)CCCN1C(=O)C(CC(=O)O)NC(=O)OCC1c2ccccc2-c2ccccc21. The molecule has 2 amide bonds. The summed E-state index contributed by atoms with van der Waals surface area (Å²) in [4.78, 5) is 41.2. The van der Waals surface area contributed by atoms with E-state index in [1.807, 2.05) is 50.4 Å². The predicted octanol–water partition coefficient (Wildman–Crippen LogP) is 2.92. The number of hydrogen-bond acceptors (Lipinski definition) is 5. The van der Waals surface area contributed by atoms with Gasteiger partial charge in [-0.25, -0.2) is 4.79 Å². The van der Waals surface area contributed by atoms with Gasteiger partial charge in [-0.15, -0.1) is 0 Å². The van der Waals surface area contributed by atoms with E-state index in [1.54, 1.807) is 4.90 Å². The Kier molecular flexibility index (Phi) is 7.17. The van der Waals surface area contributed by atoms with E-state index in [2.05, 4.69) is 22.3 Å². The van der Waals surface area contributed by atoms with Gasteiger partial charge in [0.2, 0.25) is 5.91 Å². The molecule has 0 aromatic heterocycles.